The molecule has 0 saturated heterocycles. The van der Waals surface area contributed by atoms with E-state index in [0.29, 0.717) is 47.8 Å². The van der Waals surface area contributed by atoms with Crippen LogP contribution in [0.3, 0.4) is 0 Å². The van der Waals surface area contributed by atoms with Crippen LogP contribution in [-0.2, 0) is 13.0 Å². The highest BCUT2D eigenvalue weighted by molar-refractivity contribution is 5.95. The van der Waals surface area contributed by atoms with Gasteiger partial charge >= 0.3 is 0 Å². The molecule has 4 rings (SSSR count). The number of nitrogens with one attached hydrogen (secondary N) is 1. The summed E-state index contributed by atoms with van der Waals surface area (Å²) in [6, 6.07) is 5.14. The quantitative estimate of drug-likeness (QED) is 0.838. The fraction of sp³-hybridized carbons (Fsp3) is 0.267. The number of aromatic nitrogens is 2. The van der Waals surface area contributed by atoms with Crippen LogP contribution in [0.15, 0.2) is 29.3 Å². The van der Waals surface area contributed by atoms with Gasteiger partial charge < -0.3 is 19.4 Å². The summed E-state index contributed by atoms with van der Waals surface area (Å²) in [4.78, 5) is 32.7. The topological polar surface area (TPSA) is 84.5 Å². The standard InChI is InChI=1S/C15H13N3O4/c19-14-10-3-4-18(6-11(10)16-7-17-14)15(20)9-1-2-12-13(5-9)22-8-21-12/h1-2,5,7H,3-4,6,8H2,(H,16,17,19). The van der Waals surface area contributed by atoms with Crippen LogP contribution >= 0.6 is 0 Å². The Labute approximate surface area is 125 Å². The number of benzene rings is 1. The van der Waals surface area contributed by atoms with Crippen LogP contribution in [0.1, 0.15) is 21.6 Å². The summed E-state index contributed by atoms with van der Waals surface area (Å²) in [5.41, 5.74) is 1.74. The zero-order chi connectivity index (χ0) is 15.1. The molecule has 0 saturated carbocycles. The molecule has 22 heavy (non-hydrogen) atoms. The van der Waals surface area contributed by atoms with Gasteiger partial charge in [-0.25, -0.2) is 4.98 Å². The Morgan fingerprint density at radius 3 is 3.05 bits per heavy atom. The van der Waals surface area contributed by atoms with Gasteiger partial charge in [-0.3, -0.25) is 9.59 Å². The normalized spacial score (nSPS) is 15.5. The molecule has 7 heteroatoms. The molecular formula is C15H13N3O4. The van der Waals surface area contributed by atoms with Crippen molar-refractivity contribution < 1.29 is 14.3 Å². The summed E-state index contributed by atoms with van der Waals surface area (Å²) in [5, 5.41) is 0. The van der Waals surface area contributed by atoms with Crippen molar-refractivity contribution in [1.82, 2.24) is 14.9 Å². The summed E-state index contributed by atoms with van der Waals surface area (Å²) in [5.74, 6) is 1.12. The average Bonchev–Trinajstić information content (AvgIpc) is 3.01. The predicted octanol–water partition coefficient (Wildman–Crippen LogP) is 0.697. The first-order valence-corrected chi connectivity index (χ1v) is 6.97. The van der Waals surface area contributed by atoms with Crippen molar-refractivity contribution in [3.63, 3.8) is 0 Å². The molecule has 0 aliphatic carbocycles. The summed E-state index contributed by atoms with van der Waals surface area (Å²) in [6.45, 7) is 1.01. The Bertz CT molecular complexity index is 815. The molecule has 1 aromatic heterocycles. The molecule has 112 valence electrons. The van der Waals surface area contributed by atoms with Gasteiger partial charge in [-0.15, -0.1) is 0 Å². The first-order chi connectivity index (χ1) is 10.7. The molecule has 1 aromatic carbocycles. The van der Waals surface area contributed by atoms with Crippen molar-refractivity contribution in [1.29, 1.82) is 0 Å². The third kappa shape index (κ3) is 2.02. The highest BCUT2D eigenvalue weighted by Crippen LogP contribution is 2.33. The lowest BCUT2D eigenvalue weighted by Gasteiger charge is -2.27. The minimum atomic E-state index is -0.125. The lowest BCUT2D eigenvalue weighted by Crippen LogP contribution is -2.38. The third-order valence-corrected chi connectivity index (χ3v) is 3.92. The van der Waals surface area contributed by atoms with Crippen molar-refractivity contribution in [2.24, 2.45) is 0 Å². The minimum Gasteiger partial charge on any atom is -0.454 e. The zero-order valence-electron chi connectivity index (χ0n) is 11.7. The maximum absolute atomic E-state index is 12.6. The Hall–Kier alpha value is -2.83. The number of aromatic amines is 1. The van der Waals surface area contributed by atoms with Crippen molar-refractivity contribution in [2.45, 2.75) is 13.0 Å². The lowest BCUT2D eigenvalue weighted by atomic mass is 10.1. The number of hydrogen-bond acceptors (Lipinski definition) is 5. The number of rotatable bonds is 1. The summed E-state index contributed by atoms with van der Waals surface area (Å²) < 4.78 is 10.5. The first-order valence-electron chi connectivity index (χ1n) is 6.97. The van der Waals surface area contributed by atoms with Crippen LogP contribution in [0, 0.1) is 0 Å². The van der Waals surface area contributed by atoms with Gasteiger partial charge in [0.05, 0.1) is 18.6 Å². The van der Waals surface area contributed by atoms with Gasteiger partial charge in [-0.1, -0.05) is 0 Å². The maximum atomic E-state index is 12.6. The Balaban J connectivity index is 1.60. The van der Waals surface area contributed by atoms with Crippen LogP contribution < -0.4 is 15.0 Å². The van der Waals surface area contributed by atoms with Crippen LogP contribution in [0.5, 0.6) is 11.5 Å². The van der Waals surface area contributed by atoms with Crippen LogP contribution in [-0.4, -0.2) is 34.1 Å². The average molecular weight is 299 g/mol. The van der Waals surface area contributed by atoms with Gasteiger partial charge in [-0.05, 0) is 24.6 Å². The molecular weight excluding hydrogens is 286 g/mol. The predicted molar refractivity (Wildman–Crippen MR) is 75.9 cm³/mol. The number of nitrogens with zero attached hydrogens (tertiary/aromatic N) is 2. The Morgan fingerprint density at radius 2 is 2.14 bits per heavy atom. The molecule has 2 aliphatic rings. The molecule has 2 aliphatic heterocycles. The molecule has 0 fully saturated rings. The number of H-pyrrole nitrogens is 1. The number of carbonyl (C=O) groups is 1. The Kier molecular flexibility index (Phi) is 2.85. The second kappa shape index (κ2) is 4.87. The van der Waals surface area contributed by atoms with Crippen molar-refractivity contribution in [2.75, 3.05) is 13.3 Å². The van der Waals surface area contributed by atoms with E-state index in [-0.39, 0.29) is 18.3 Å². The molecule has 0 radical (unpaired) electrons. The van der Waals surface area contributed by atoms with E-state index in [1.807, 2.05) is 0 Å². The van der Waals surface area contributed by atoms with E-state index in [2.05, 4.69) is 9.97 Å². The van der Waals surface area contributed by atoms with Gasteiger partial charge in [0.25, 0.3) is 11.5 Å². The van der Waals surface area contributed by atoms with Crippen LogP contribution in [0.4, 0.5) is 0 Å². The largest absolute Gasteiger partial charge is 0.454 e. The summed E-state index contributed by atoms with van der Waals surface area (Å²) >= 11 is 0. The number of hydrogen-bond donors (Lipinski definition) is 1. The van der Waals surface area contributed by atoms with E-state index in [1.165, 1.54) is 6.33 Å². The molecule has 2 aromatic rings. The van der Waals surface area contributed by atoms with Crippen LogP contribution in [0.2, 0.25) is 0 Å². The molecule has 0 unspecified atom stereocenters. The first kappa shape index (κ1) is 12.9. The molecule has 1 N–H and O–H groups in total. The zero-order valence-corrected chi connectivity index (χ0v) is 11.7. The molecule has 7 nitrogen and oxygen atoms in total. The third-order valence-electron chi connectivity index (χ3n) is 3.92. The van der Waals surface area contributed by atoms with E-state index in [4.69, 9.17) is 9.47 Å². The fourth-order valence-electron chi connectivity index (χ4n) is 2.75. The number of carbonyl (C=O) groups excluding carboxylic acids is 1. The van der Waals surface area contributed by atoms with Gasteiger partial charge in [0.15, 0.2) is 11.5 Å². The summed E-state index contributed by atoms with van der Waals surface area (Å²) in [6.07, 6.45) is 1.88. The van der Waals surface area contributed by atoms with E-state index in [0.717, 1.165) is 0 Å². The molecule has 0 atom stereocenters. The number of amides is 1. The van der Waals surface area contributed by atoms with Crippen LogP contribution in [0.25, 0.3) is 0 Å². The molecule has 3 heterocycles. The van der Waals surface area contributed by atoms with E-state index < -0.39 is 0 Å². The summed E-state index contributed by atoms with van der Waals surface area (Å²) in [7, 11) is 0. The van der Waals surface area contributed by atoms with Crippen molar-refractivity contribution in [3.05, 3.63) is 51.7 Å². The SMILES string of the molecule is O=C(c1ccc2c(c1)OCO2)N1CCc2c(nc[nH]c2=O)C1. The second-order valence-corrected chi connectivity index (χ2v) is 5.20. The van der Waals surface area contributed by atoms with E-state index in [9.17, 15) is 9.59 Å². The smallest absolute Gasteiger partial charge is 0.254 e. The molecule has 0 spiro atoms. The number of ether oxygens (including phenoxy) is 2. The monoisotopic (exact) mass is 299 g/mol. The van der Waals surface area contributed by atoms with E-state index >= 15 is 0 Å². The van der Waals surface area contributed by atoms with Gasteiger partial charge in [0, 0.05) is 17.7 Å². The highest BCUT2D eigenvalue weighted by Gasteiger charge is 2.25. The van der Waals surface area contributed by atoms with E-state index in [1.54, 1.807) is 23.1 Å². The molecule has 0 bridgehead atoms. The highest BCUT2D eigenvalue weighted by atomic mass is 16.7. The minimum absolute atomic E-state index is 0.106. The second-order valence-electron chi connectivity index (χ2n) is 5.20. The lowest BCUT2D eigenvalue weighted by molar-refractivity contribution is 0.0731. The molecule has 1 amide bonds. The number of fused-ring (bicyclic) bond motifs is 2. The fourth-order valence-corrected chi connectivity index (χ4v) is 2.75. The van der Waals surface area contributed by atoms with Gasteiger partial charge in [-0.2, -0.15) is 0 Å². The van der Waals surface area contributed by atoms with Crippen molar-refractivity contribution in [3.8, 4) is 11.5 Å². The van der Waals surface area contributed by atoms with Crippen molar-refractivity contribution >= 4 is 5.91 Å². The Morgan fingerprint density at radius 1 is 1.27 bits per heavy atom. The maximum Gasteiger partial charge on any atom is 0.254 e. The van der Waals surface area contributed by atoms with Gasteiger partial charge in [0.2, 0.25) is 6.79 Å². The van der Waals surface area contributed by atoms with Gasteiger partial charge in [0.1, 0.15) is 0 Å².